The number of likely N-dealkylation sites (N-methyl/N-ethyl adjacent to an activating group) is 2. The van der Waals surface area contributed by atoms with Gasteiger partial charge in [-0.25, -0.2) is 0 Å². The molecule has 0 aromatic carbocycles. The van der Waals surface area contributed by atoms with Gasteiger partial charge in [-0.15, -0.1) is 0 Å². The summed E-state index contributed by atoms with van der Waals surface area (Å²) >= 11 is 3.41. The first-order valence-corrected chi connectivity index (χ1v) is 5.61. The molecule has 1 fully saturated rings. The minimum Gasteiger partial charge on any atom is -0.305 e. The van der Waals surface area contributed by atoms with E-state index in [9.17, 15) is 0 Å². The molecule has 0 bridgehead atoms. The van der Waals surface area contributed by atoms with Crippen molar-refractivity contribution in [2.45, 2.75) is 18.9 Å². The number of hydrogen-bond acceptors (Lipinski definition) is 2. The molecule has 0 radical (unpaired) electrons. The lowest BCUT2D eigenvalue weighted by Crippen LogP contribution is -2.45. The molecule has 3 heteroatoms. The fourth-order valence-corrected chi connectivity index (χ4v) is 2.29. The molecule has 0 spiro atoms. The maximum Gasteiger partial charge on any atom is 0.0294 e. The van der Waals surface area contributed by atoms with Crippen molar-refractivity contribution >= 4 is 15.9 Å². The van der Waals surface area contributed by atoms with Gasteiger partial charge in [0.25, 0.3) is 0 Å². The van der Waals surface area contributed by atoms with Crippen molar-refractivity contribution in [3.05, 3.63) is 11.1 Å². The summed E-state index contributed by atoms with van der Waals surface area (Å²) in [6.45, 7) is 7.27. The van der Waals surface area contributed by atoms with Gasteiger partial charge >= 0.3 is 0 Å². The van der Waals surface area contributed by atoms with E-state index in [2.05, 4.69) is 46.4 Å². The van der Waals surface area contributed by atoms with E-state index in [4.69, 9.17) is 0 Å². The zero-order valence-corrected chi connectivity index (χ0v) is 10.2. The molecule has 1 rings (SSSR count). The first-order chi connectivity index (χ1) is 6.09. The second kappa shape index (κ2) is 5.13. The average molecular weight is 247 g/mol. The topological polar surface area (TPSA) is 6.48 Å². The quantitative estimate of drug-likeness (QED) is 0.751. The summed E-state index contributed by atoms with van der Waals surface area (Å²) in [6, 6.07) is 0.702. The Morgan fingerprint density at radius 1 is 1.69 bits per heavy atom. The van der Waals surface area contributed by atoms with Gasteiger partial charge in [-0.3, -0.25) is 4.90 Å². The molecule has 1 aliphatic heterocycles. The smallest absolute Gasteiger partial charge is 0.0294 e. The Labute approximate surface area is 89.7 Å². The first-order valence-electron chi connectivity index (χ1n) is 4.81. The lowest BCUT2D eigenvalue weighted by Gasteiger charge is -2.35. The van der Waals surface area contributed by atoms with E-state index in [-0.39, 0.29) is 0 Å². The van der Waals surface area contributed by atoms with Gasteiger partial charge in [0.15, 0.2) is 0 Å². The van der Waals surface area contributed by atoms with Crippen LogP contribution in [0.2, 0.25) is 0 Å². The predicted octanol–water partition coefficient (Wildman–Crippen LogP) is 1.92. The lowest BCUT2D eigenvalue weighted by atomic mass is 10.1. The molecule has 0 amide bonds. The second-order valence-corrected chi connectivity index (χ2v) is 5.11. The van der Waals surface area contributed by atoms with E-state index in [0.717, 1.165) is 11.0 Å². The van der Waals surface area contributed by atoms with Crippen molar-refractivity contribution in [2.24, 2.45) is 0 Å². The van der Waals surface area contributed by atoms with Crippen LogP contribution in [0, 0.1) is 0 Å². The van der Waals surface area contributed by atoms with Crippen LogP contribution in [0.1, 0.15) is 12.8 Å². The Hall–Kier alpha value is 0.140. The van der Waals surface area contributed by atoms with Crippen LogP contribution in [0.15, 0.2) is 11.1 Å². The van der Waals surface area contributed by atoms with Crippen molar-refractivity contribution in [3.63, 3.8) is 0 Å². The number of piperidine rings is 1. The van der Waals surface area contributed by atoms with Gasteiger partial charge < -0.3 is 4.90 Å². The summed E-state index contributed by atoms with van der Waals surface area (Å²) in [4.78, 5) is 4.79. The van der Waals surface area contributed by atoms with Gasteiger partial charge in [-0.05, 0) is 33.5 Å². The summed E-state index contributed by atoms with van der Waals surface area (Å²) in [5, 5.41) is 0. The minimum absolute atomic E-state index is 0.702. The molecule has 1 saturated heterocycles. The molecular formula is C10H19BrN2. The normalized spacial score (nSPS) is 25.1. The standard InChI is InChI=1S/C10H19BrN2/c1-9(11)7-13(3)10-5-4-6-12(2)8-10/h10H,1,4-8H2,2-3H3. The number of nitrogens with zero attached hydrogens (tertiary/aromatic N) is 2. The zero-order chi connectivity index (χ0) is 9.84. The van der Waals surface area contributed by atoms with Crippen LogP contribution in [-0.2, 0) is 0 Å². The Kier molecular flexibility index (Phi) is 4.42. The Balaban J connectivity index is 2.36. The van der Waals surface area contributed by atoms with Crippen molar-refractivity contribution in [3.8, 4) is 0 Å². The van der Waals surface area contributed by atoms with Gasteiger partial charge in [0.05, 0.1) is 0 Å². The molecular weight excluding hydrogens is 228 g/mol. The molecule has 1 aliphatic rings. The Morgan fingerprint density at radius 3 is 2.92 bits per heavy atom. The van der Waals surface area contributed by atoms with Crippen LogP contribution in [-0.4, -0.2) is 49.6 Å². The van der Waals surface area contributed by atoms with E-state index < -0.39 is 0 Å². The van der Waals surface area contributed by atoms with Gasteiger partial charge in [-0.2, -0.15) is 0 Å². The highest BCUT2D eigenvalue weighted by molar-refractivity contribution is 9.11. The van der Waals surface area contributed by atoms with Gasteiger partial charge in [-0.1, -0.05) is 22.5 Å². The molecule has 1 heterocycles. The van der Waals surface area contributed by atoms with Crippen LogP contribution in [0.3, 0.4) is 0 Å². The number of halogens is 1. The highest BCUT2D eigenvalue weighted by atomic mass is 79.9. The molecule has 0 saturated carbocycles. The van der Waals surface area contributed by atoms with Crippen molar-refractivity contribution < 1.29 is 0 Å². The molecule has 0 aromatic heterocycles. The van der Waals surface area contributed by atoms with Gasteiger partial charge in [0.1, 0.15) is 0 Å². The maximum absolute atomic E-state index is 3.87. The summed E-state index contributed by atoms with van der Waals surface area (Å²) < 4.78 is 1.07. The molecule has 0 N–H and O–H groups in total. The van der Waals surface area contributed by atoms with E-state index >= 15 is 0 Å². The minimum atomic E-state index is 0.702. The molecule has 13 heavy (non-hydrogen) atoms. The average Bonchev–Trinajstić information content (AvgIpc) is 2.03. The van der Waals surface area contributed by atoms with Crippen LogP contribution in [0.25, 0.3) is 0 Å². The van der Waals surface area contributed by atoms with E-state index in [1.807, 2.05) is 0 Å². The Morgan fingerprint density at radius 2 is 2.38 bits per heavy atom. The summed E-state index contributed by atoms with van der Waals surface area (Å²) in [5.41, 5.74) is 0. The van der Waals surface area contributed by atoms with Gasteiger partial charge in [0.2, 0.25) is 0 Å². The zero-order valence-electron chi connectivity index (χ0n) is 8.59. The number of likely N-dealkylation sites (tertiary alicyclic amines) is 1. The third-order valence-corrected chi connectivity index (χ3v) is 2.89. The van der Waals surface area contributed by atoms with Crippen LogP contribution in [0.4, 0.5) is 0 Å². The predicted molar refractivity (Wildman–Crippen MR) is 61.2 cm³/mol. The van der Waals surface area contributed by atoms with E-state index in [1.54, 1.807) is 0 Å². The van der Waals surface area contributed by atoms with Crippen LogP contribution in [0.5, 0.6) is 0 Å². The molecule has 1 atom stereocenters. The monoisotopic (exact) mass is 246 g/mol. The Bertz CT molecular complexity index is 182. The molecule has 2 nitrogen and oxygen atoms in total. The van der Waals surface area contributed by atoms with Crippen molar-refractivity contribution in [1.82, 2.24) is 9.80 Å². The fraction of sp³-hybridized carbons (Fsp3) is 0.800. The van der Waals surface area contributed by atoms with Crippen LogP contribution >= 0.6 is 15.9 Å². The van der Waals surface area contributed by atoms with Gasteiger partial charge in [0, 0.05) is 23.6 Å². The summed E-state index contributed by atoms with van der Waals surface area (Å²) in [5.74, 6) is 0. The van der Waals surface area contributed by atoms with E-state index in [1.165, 1.54) is 25.9 Å². The third-order valence-electron chi connectivity index (χ3n) is 2.64. The number of hydrogen-bond donors (Lipinski definition) is 0. The maximum atomic E-state index is 3.87. The molecule has 0 aliphatic carbocycles. The highest BCUT2D eigenvalue weighted by Gasteiger charge is 2.20. The third kappa shape index (κ3) is 3.79. The largest absolute Gasteiger partial charge is 0.305 e. The fourth-order valence-electron chi connectivity index (χ4n) is 1.90. The summed E-state index contributed by atoms with van der Waals surface area (Å²) in [6.07, 6.45) is 2.64. The second-order valence-electron chi connectivity index (χ2n) is 3.99. The first kappa shape index (κ1) is 11.2. The number of rotatable bonds is 3. The van der Waals surface area contributed by atoms with Crippen molar-refractivity contribution in [2.75, 3.05) is 33.7 Å². The molecule has 1 unspecified atom stereocenters. The van der Waals surface area contributed by atoms with Crippen molar-refractivity contribution in [1.29, 1.82) is 0 Å². The molecule has 76 valence electrons. The summed E-state index contributed by atoms with van der Waals surface area (Å²) in [7, 11) is 4.37. The van der Waals surface area contributed by atoms with Crippen LogP contribution < -0.4 is 0 Å². The molecule has 0 aromatic rings. The lowest BCUT2D eigenvalue weighted by molar-refractivity contribution is 0.144. The SMILES string of the molecule is C=C(Br)CN(C)C1CCCN(C)C1. The van der Waals surface area contributed by atoms with E-state index in [0.29, 0.717) is 6.04 Å². The highest BCUT2D eigenvalue weighted by Crippen LogP contribution is 2.15.